The first kappa shape index (κ1) is 18.2. The summed E-state index contributed by atoms with van der Waals surface area (Å²) in [4.78, 5) is 27.2. The molecule has 1 aromatic heterocycles. The van der Waals surface area contributed by atoms with E-state index < -0.39 is 0 Å². The molecule has 4 rings (SSSR count). The van der Waals surface area contributed by atoms with Gasteiger partial charge in [0.15, 0.2) is 0 Å². The highest BCUT2D eigenvalue weighted by molar-refractivity contribution is 7.18. The lowest BCUT2D eigenvalue weighted by Crippen LogP contribution is -2.28. The monoisotopic (exact) mass is 407 g/mol. The fourth-order valence-electron chi connectivity index (χ4n) is 3.08. The van der Waals surface area contributed by atoms with Crippen LogP contribution in [0.4, 0.5) is 0 Å². The van der Waals surface area contributed by atoms with Gasteiger partial charge in [-0.25, -0.2) is 0 Å². The zero-order valence-corrected chi connectivity index (χ0v) is 16.2. The first-order chi connectivity index (χ1) is 13.5. The Morgan fingerprint density at radius 3 is 2.64 bits per heavy atom. The quantitative estimate of drug-likeness (QED) is 0.709. The van der Waals surface area contributed by atoms with E-state index in [0.717, 1.165) is 21.6 Å². The van der Waals surface area contributed by atoms with E-state index in [0.29, 0.717) is 15.5 Å². The molecule has 7 heteroatoms. The van der Waals surface area contributed by atoms with Gasteiger partial charge in [0.1, 0.15) is 6.54 Å². The fourth-order valence-corrected chi connectivity index (χ4v) is 4.41. The predicted molar refractivity (Wildman–Crippen MR) is 109 cm³/mol. The number of nitrogens with one attached hydrogen (secondary N) is 1. The number of amides is 2. The molecule has 1 saturated heterocycles. The maximum atomic E-state index is 12.9. The first-order valence-corrected chi connectivity index (χ1v) is 9.71. The Morgan fingerprint density at radius 2 is 1.93 bits per heavy atom. The van der Waals surface area contributed by atoms with Gasteiger partial charge in [0.05, 0.1) is 23.2 Å². The highest BCUT2D eigenvalue weighted by Gasteiger charge is 2.27. The van der Waals surface area contributed by atoms with Gasteiger partial charge >= 0.3 is 0 Å². The molecule has 0 saturated carbocycles. The Balaban J connectivity index is 1.83. The van der Waals surface area contributed by atoms with Crippen LogP contribution >= 0.6 is 22.9 Å². The van der Waals surface area contributed by atoms with Crippen molar-refractivity contribution in [2.24, 2.45) is 0 Å². The molecule has 2 amide bonds. The van der Waals surface area contributed by atoms with Gasteiger partial charge in [-0.05, 0) is 41.5 Å². The second-order valence-electron chi connectivity index (χ2n) is 6.32. The normalized spacial score (nSPS) is 13.3. The smallest absolute Gasteiger partial charge is 0.265 e. The molecule has 138 valence electrons. The maximum absolute atomic E-state index is 12.9. The molecule has 0 bridgehead atoms. The van der Waals surface area contributed by atoms with Crippen LogP contribution in [0.15, 0.2) is 54.6 Å². The largest absolute Gasteiger partial charge is 0.337 e. The third-order valence-electron chi connectivity index (χ3n) is 4.42. The van der Waals surface area contributed by atoms with E-state index in [9.17, 15) is 14.9 Å². The second-order valence-corrected chi connectivity index (χ2v) is 7.81. The van der Waals surface area contributed by atoms with Gasteiger partial charge < -0.3 is 10.2 Å². The minimum atomic E-state index is -0.200. The lowest BCUT2D eigenvalue weighted by molar-refractivity contribution is -0.118. The zero-order valence-electron chi connectivity index (χ0n) is 14.6. The number of halogens is 1. The molecule has 3 aromatic rings. The third-order valence-corrected chi connectivity index (χ3v) is 5.83. The van der Waals surface area contributed by atoms with E-state index in [2.05, 4.69) is 11.4 Å². The van der Waals surface area contributed by atoms with Crippen molar-refractivity contribution in [1.82, 2.24) is 10.2 Å². The van der Waals surface area contributed by atoms with Crippen molar-refractivity contribution < 1.29 is 9.59 Å². The summed E-state index contributed by atoms with van der Waals surface area (Å²) in [5.41, 5.74) is 3.14. The van der Waals surface area contributed by atoms with Crippen molar-refractivity contribution in [3.63, 3.8) is 0 Å². The summed E-state index contributed by atoms with van der Waals surface area (Å²) in [6.45, 7) is 0.268. The van der Waals surface area contributed by atoms with Crippen LogP contribution in [0, 0.1) is 11.3 Å². The highest BCUT2D eigenvalue weighted by Crippen LogP contribution is 2.40. The van der Waals surface area contributed by atoms with Crippen LogP contribution in [-0.2, 0) is 4.79 Å². The number of carbonyl (C=O) groups excluding carboxylic acids is 2. The van der Waals surface area contributed by atoms with Crippen LogP contribution in [0.2, 0.25) is 5.02 Å². The van der Waals surface area contributed by atoms with Gasteiger partial charge in [0, 0.05) is 15.5 Å². The number of nitriles is 1. The van der Waals surface area contributed by atoms with Gasteiger partial charge in [-0.15, -0.1) is 11.3 Å². The molecule has 2 aromatic carbocycles. The number of hydrogen-bond donors (Lipinski definition) is 1. The standard InChI is InChI=1S/C21H14ClN3O2S/c22-16-6-2-5-15(8-16)20-17(14-4-1-3-13(7-14)10-23)9-18(28-20)21(27)25-11-19(26)24-12-25/h1-9H,11-12H2,(H,24,26). The van der Waals surface area contributed by atoms with E-state index in [4.69, 9.17) is 11.6 Å². The zero-order chi connectivity index (χ0) is 19.7. The Labute approximate surface area is 170 Å². The molecule has 0 radical (unpaired) electrons. The molecule has 1 aliphatic heterocycles. The van der Waals surface area contributed by atoms with Crippen LogP contribution in [0.5, 0.6) is 0 Å². The van der Waals surface area contributed by atoms with Crippen molar-refractivity contribution in [3.05, 3.63) is 70.1 Å². The summed E-state index contributed by atoms with van der Waals surface area (Å²) >= 11 is 7.52. The Bertz CT molecular complexity index is 1130. The van der Waals surface area contributed by atoms with Gasteiger partial charge in [0.25, 0.3) is 5.91 Å². The highest BCUT2D eigenvalue weighted by atomic mass is 35.5. The molecular formula is C21H14ClN3O2S. The molecule has 28 heavy (non-hydrogen) atoms. The second kappa shape index (κ2) is 7.47. The molecule has 1 fully saturated rings. The predicted octanol–water partition coefficient (Wildman–Crippen LogP) is 4.14. The van der Waals surface area contributed by atoms with Crippen molar-refractivity contribution in [2.75, 3.05) is 13.2 Å². The molecule has 0 aliphatic carbocycles. The summed E-state index contributed by atoms with van der Waals surface area (Å²) in [7, 11) is 0. The first-order valence-electron chi connectivity index (χ1n) is 8.51. The van der Waals surface area contributed by atoms with E-state index in [1.54, 1.807) is 18.2 Å². The minimum absolute atomic E-state index is 0.0580. The number of thiophene rings is 1. The summed E-state index contributed by atoms with van der Waals surface area (Å²) in [5, 5.41) is 12.5. The average molecular weight is 408 g/mol. The lowest BCUT2D eigenvalue weighted by Gasteiger charge is -2.10. The van der Waals surface area contributed by atoms with Gasteiger partial charge in [-0.2, -0.15) is 5.26 Å². The van der Waals surface area contributed by atoms with Crippen LogP contribution in [-0.4, -0.2) is 29.9 Å². The third kappa shape index (κ3) is 3.50. The maximum Gasteiger partial charge on any atom is 0.265 e. The summed E-state index contributed by atoms with van der Waals surface area (Å²) in [5.74, 6) is -0.365. The summed E-state index contributed by atoms with van der Waals surface area (Å²) in [6, 6.07) is 18.7. The molecule has 0 unspecified atom stereocenters. The van der Waals surface area contributed by atoms with Gasteiger partial charge in [0.2, 0.25) is 5.91 Å². The van der Waals surface area contributed by atoms with Crippen molar-refractivity contribution in [3.8, 4) is 27.6 Å². The SMILES string of the molecule is N#Cc1cccc(-c2cc(C(=O)N3CNC(=O)C3)sc2-c2cccc(Cl)c2)c1. The summed E-state index contributed by atoms with van der Waals surface area (Å²) < 4.78 is 0. The van der Waals surface area contributed by atoms with E-state index in [1.807, 2.05) is 36.4 Å². The average Bonchev–Trinajstić information content (AvgIpc) is 3.34. The fraction of sp³-hybridized carbons (Fsp3) is 0.0952. The Kier molecular flexibility index (Phi) is 4.86. The van der Waals surface area contributed by atoms with E-state index >= 15 is 0 Å². The van der Waals surface area contributed by atoms with Crippen LogP contribution in [0.25, 0.3) is 21.6 Å². The molecule has 1 aliphatic rings. The molecule has 1 N–H and O–H groups in total. The molecule has 2 heterocycles. The number of rotatable bonds is 3. The van der Waals surface area contributed by atoms with Crippen molar-refractivity contribution in [1.29, 1.82) is 5.26 Å². The van der Waals surface area contributed by atoms with Crippen molar-refractivity contribution in [2.45, 2.75) is 0 Å². The summed E-state index contributed by atoms with van der Waals surface area (Å²) in [6.07, 6.45) is 0. The van der Waals surface area contributed by atoms with Gasteiger partial charge in [-0.3, -0.25) is 9.59 Å². The van der Waals surface area contributed by atoms with Gasteiger partial charge in [-0.1, -0.05) is 35.9 Å². The number of nitrogens with zero attached hydrogens (tertiary/aromatic N) is 2. The Hall–Kier alpha value is -3.14. The van der Waals surface area contributed by atoms with E-state index in [-0.39, 0.29) is 25.0 Å². The lowest BCUT2D eigenvalue weighted by atomic mass is 10.0. The van der Waals surface area contributed by atoms with E-state index in [1.165, 1.54) is 16.2 Å². The van der Waals surface area contributed by atoms with Crippen LogP contribution < -0.4 is 5.32 Å². The molecule has 0 spiro atoms. The molecule has 5 nitrogen and oxygen atoms in total. The van der Waals surface area contributed by atoms with Crippen LogP contribution in [0.1, 0.15) is 15.2 Å². The molecule has 0 atom stereocenters. The number of hydrogen-bond acceptors (Lipinski definition) is 4. The molecular weight excluding hydrogens is 394 g/mol. The van der Waals surface area contributed by atoms with Crippen LogP contribution in [0.3, 0.4) is 0 Å². The number of carbonyl (C=O) groups is 2. The Morgan fingerprint density at radius 1 is 1.14 bits per heavy atom. The topological polar surface area (TPSA) is 73.2 Å². The van der Waals surface area contributed by atoms with Crippen molar-refractivity contribution >= 4 is 34.8 Å². The number of benzene rings is 2. The minimum Gasteiger partial charge on any atom is -0.337 e.